The third-order valence-corrected chi connectivity index (χ3v) is 7.20. The smallest absolute Gasteiger partial charge is 0.211 e. The first-order valence-electron chi connectivity index (χ1n) is 7.21. The van der Waals surface area contributed by atoms with Gasteiger partial charge in [0.1, 0.15) is 0 Å². The number of sulfonamides is 2. The lowest BCUT2D eigenvalue weighted by Crippen LogP contribution is -2.30. The molecular weight excluding hydrogens is 496 g/mol. The molecule has 136 valence electrons. The van der Waals surface area contributed by atoms with Gasteiger partial charge in [-0.05, 0) is 55.0 Å². The van der Waals surface area contributed by atoms with Crippen LogP contribution in [0.2, 0.25) is 0 Å². The number of rotatable bonds is 8. The van der Waals surface area contributed by atoms with Crippen LogP contribution in [0.4, 0.5) is 0 Å². The Hall–Kier alpha value is -0.780. The van der Waals surface area contributed by atoms with Crippen molar-refractivity contribution in [2.75, 3.05) is 13.1 Å². The second-order valence-electron chi connectivity index (χ2n) is 5.06. The quantitative estimate of drug-likeness (QED) is 0.533. The van der Waals surface area contributed by atoms with Gasteiger partial charge in [0.15, 0.2) is 0 Å². The zero-order valence-corrected chi connectivity index (χ0v) is 17.8. The van der Waals surface area contributed by atoms with Gasteiger partial charge in [-0.3, -0.25) is 0 Å². The third kappa shape index (κ3) is 6.15. The topological polar surface area (TPSA) is 92.3 Å². The molecule has 2 aromatic rings. The third-order valence-electron chi connectivity index (χ3n) is 3.19. The lowest BCUT2D eigenvalue weighted by molar-refractivity contribution is 0.572. The van der Waals surface area contributed by atoms with Crippen molar-refractivity contribution in [3.05, 3.63) is 57.5 Å². The Balaban J connectivity index is 1.83. The summed E-state index contributed by atoms with van der Waals surface area (Å²) in [5, 5.41) is 0. The maximum Gasteiger partial charge on any atom is 0.240 e. The molecule has 0 aliphatic carbocycles. The molecular formula is C15H16Br2N2O4S2. The van der Waals surface area contributed by atoms with Crippen LogP contribution >= 0.6 is 31.9 Å². The highest BCUT2D eigenvalue weighted by atomic mass is 79.9. The largest absolute Gasteiger partial charge is 0.240 e. The van der Waals surface area contributed by atoms with E-state index in [-0.39, 0.29) is 22.9 Å². The molecule has 0 fully saturated rings. The van der Waals surface area contributed by atoms with Gasteiger partial charge in [0.2, 0.25) is 20.0 Å². The first-order chi connectivity index (χ1) is 11.7. The highest BCUT2D eigenvalue weighted by molar-refractivity contribution is 9.10. The summed E-state index contributed by atoms with van der Waals surface area (Å²) in [6, 6.07) is 12.5. The molecule has 6 nitrogen and oxygen atoms in total. The van der Waals surface area contributed by atoms with Crippen LogP contribution in [-0.4, -0.2) is 29.9 Å². The Labute approximate surface area is 164 Å². The van der Waals surface area contributed by atoms with Gasteiger partial charge in [-0.25, -0.2) is 26.3 Å². The van der Waals surface area contributed by atoms with E-state index in [1.165, 1.54) is 24.3 Å². The van der Waals surface area contributed by atoms with Crippen LogP contribution in [0.1, 0.15) is 6.42 Å². The second kappa shape index (κ2) is 8.74. The van der Waals surface area contributed by atoms with Crippen LogP contribution in [0.15, 0.2) is 67.3 Å². The molecule has 0 heterocycles. The van der Waals surface area contributed by atoms with Crippen LogP contribution in [0.3, 0.4) is 0 Å². The summed E-state index contributed by atoms with van der Waals surface area (Å²) in [6.45, 7) is 0.252. The van der Waals surface area contributed by atoms with Crippen LogP contribution in [-0.2, 0) is 20.0 Å². The molecule has 25 heavy (non-hydrogen) atoms. The molecule has 0 unspecified atom stereocenters. The first-order valence-corrected chi connectivity index (χ1v) is 11.8. The van der Waals surface area contributed by atoms with Crippen molar-refractivity contribution in [1.82, 2.24) is 9.44 Å². The van der Waals surface area contributed by atoms with Gasteiger partial charge in [-0.1, -0.05) is 31.9 Å². The minimum atomic E-state index is -3.60. The normalized spacial score (nSPS) is 12.2. The molecule has 2 N–H and O–H groups in total. The number of benzene rings is 2. The highest BCUT2D eigenvalue weighted by Crippen LogP contribution is 2.15. The molecule has 0 aliphatic rings. The van der Waals surface area contributed by atoms with E-state index in [2.05, 4.69) is 41.3 Å². The van der Waals surface area contributed by atoms with Crippen LogP contribution in [0.5, 0.6) is 0 Å². The van der Waals surface area contributed by atoms with E-state index in [0.717, 1.165) is 8.95 Å². The van der Waals surface area contributed by atoms with Gasteiger partial charge in [0.05, 0.1) is 9.79 Å². The number of halogens is 2. The van der Waals surface area contributed by atoms with E-state index in [9.17, 15) is 16.8 Å². The molecule has 0 radical (unpaired) electrons. The summed E-state index contributed by atoms with van der Waals surface area (Å²) < 4.78 is 54.8. The predicted molar refractivity (Wildman–Crippen MR) is 103 cm³/mol. The Kier molecular flexibility index (Phi) is 7.18. The van der Waals surface area contributed by atoms with E-state index >= 15 is 0 Å². The lowest BCUT2D eigenvalue weighted by atomic mass is 10.4. The number of hydrogen-bond donors (Lipinski definition) is 2. The van der Waals surface area contributed by atoms with Crippen molar-refractivity contribution in [2.45, 2.75) is 16.2 Å². The SMILES string of the molecule is O=S(=O)(NCCCNS(=O)(=O)c1ccc(Br)cc1)c1ccc(Br)cc1. The molecule has 2 aromatic carbocycles. The minimum Gasteiger partial charge on any atom is -0.211 e. The molecule has 0 amide bonds. The van der Waals surface area contributed by atoms with E-state index in [1.54, 1.807) is 24.3 Å². The monoisotopic (exact) mass is 510 g/mol. The first kappa shape index (κ1) is 20.5. The van der Waals surface area contributed by atoms with E-state index in [4.69, 9.17) is 0 Å². The summed E-state index contributed by atoms with van der Waals surface area (Å²) >= 11 is 6.49. The van der Waals surface area contributed by atoms with Gasteiger partial charge < -0.3 is 0 Å². The number of hydrogen-bond acceptors (Lipinski definition) is 4. The minimum absolute atomic E-state index is 0.126. The summed E-state index contributed by atoms with van der Waals surface area (Å²) in [6.07, 6.45) is 0.325. The Morgan fingerprint density at radius 3 is 1.28 bits per heavy atom. The Morgan fingerprint density at radius 2 is 0.960 bits per heavy atom. The second-order valence-corrected chi connectivity index (χ2v) is 10.4. The van der Waals surface area contributed by atoms with Crippen LogP contribution in [0, 0.1) is 0 Å². The summed E-state index contributed by atoms with van der Waals surface area (Å²) in [4.78, 5) is 0.317. The van der Waals surface area contributed by atoms with Gasteiger partial charge >= 0.3 is 0 Å². The standard InChI is InChI=1S/C15H16Br2N2O4S2/c16-12-2-6-14(7-3-12)24(20,21)18-10-1-11-19-25(22,23)15-8-4-13(17)5-9-15/h2-9,18-19H,1,10-11H2. The summed E-state index contributed by atoms with van der Waals surface area (Å²) in [7, 11) is -7.21. The van der Waals surface area contributed by atoms with Gasteiger partial charge in [0.25, 0.3) is 0 Å². The van der Waals surface area contributed by atoms with E-state index < -0.39 is 20.0 Å². The van der Waals surface area contributed by atoms with Crippen LogP contribution in [0.25, 0.3) is 0 Å². The summed E-state index contributed by atoms with van der Waals surface area (Å²) in [5.74, 6) is 0. The van der Waals surface area contributed by atoms with Crippen molar-refractivity contribution in [1.29, 1.82) is 0 Å². The predicted octanol–water partition coefficient (Wildman–Crippen LogP) is 2.86. The lowest BCUT2D eigenvalue weighted by Gasteiger charge is -2.09. The fourth-order valence-electron chi connectivity index (χ4n) is 1.90. The molecule has 0 spiro atoms. The van der Waals surface area contributed by atoms with Crippen molar-refractivity contribution in [3.63, 3.8) is 0 Å². The van der Waals surface area contributed by atoms with E-state index in [0.29, 0.717) is 6.42 Å². The molecule has 0 aromatic heterocycles. The fourth-order valence-corrected chi connectivity index (χ4v) is 4.57. The molecule has 2 rings (SSSR count). The summed E-state index contributed by atoms with van der Waals surface area (Å²) in [5.41, 5.74) is 0. The van der Waals surface area contributed by atoms with Crippen molar-refractivity contribution in [3.8, 4) is 0 Å². The van der Waals surface area contributed by atoms with Crippen LogP contribution < -0.4 is 9.44 Å². The number of nitrogens with one attached hydrogen (secondary N) is 2. The van der Waals surface area contributed by atoms with Gasteiger partial charge in [-0.15, -0.1) is 0 Å². The van der Waals surface area contributed by atoms with Crippen molar-refractivity contribution in [2.24, 2.45) is 0 Å². The zero-order valence-electron chi connectivity index (χ0n) is 12.9. The molecule has 0 saturated carbocycles. The Morgan fingerprint density at radius 1 is 0.640 bits per heavy atom. The molecule has 0 aliphatic heterocycles. The highest BCUT2D eigenvalue weighted by Gasteiger charge is 2.15. The average molecular weight is 512 g/mol. The van der Waals surface area contributed by atoms with Crippen molar-refractivity contribution < 1.29 is 16.8 Å². The van der Waals surface area contributed by atoms with Gasteiger partial charge in [0, 0.05) is 22.0 Å². The maximum absolute atomic E-state index is 12.1. The van der Waals surface area contributed by atoms with Gasteiger partial charge in [-0.2, -0.15) is 0 Å². The fraction of sp³-hybridized carbons (Fsp3) is 0.200. The Bertz CT molecular complexity index is 836. The molecule has 0 bridgehead atoms. The van der Waals surface area contributed by atoms with Crippen molar-refractivity contribution >= 4 is 51.9 Å². The molecule has 0 atom stereocenters. The zero-order chi connectivity index (χ0) is 18.5. The average Bonchev–Trinajstić information content (AvgIpc) is 2.55. The van der Waals surface area contributed by atoms with E-state index in [1.807, 2.05) is 0 Å². The molecule has 10 heteroatoms. The molecule has 0 saturated heterocycles. The maximum atomic E-state index is 12.1.